The predicted octanol–water partition coefficient (Wildman–Crippen LogP) is 3.15. The maximum atomic E-state index is 12.6. The van der Waals surface area contributed by atoms with Gasteiger partial charge in [-0.2, -0.15) is 13.2 Å². The van der Waals surface area contributed by atoms with E-state index < -0.39 is 11.9 Å². The normalized spacial score (nSPS) is 14.1. The summed E-state index contributed by atoms with van der Waals surface area (Å²) in [7, 11) is 0. The Bertz CT molecular complexity index is 1120. The van der Waals surface area contributed by atoms with Crippen molar-refractivity contribution in [3.8, 4) is 5.88 Å². The number of piperazine rings is 1. The second-order valence-electron chi connectivity index (χ2n) is 7.95. The molecule has 9 nitrogen and oxygen atoms in total. The molecule has 0 unspecified atom stereocenters. The first-order chi connectivity index (χ1) is 16.8. The number of ether oxygens (including phenoxy) is 1. The molecular formula is C23H24F3N7O2. The standard InChI is InChI=1S/C23H24F3N7O2/c1-16(34)32-8-10-33(11-9-32)19-4-3-18(27-14-19)13-29-21-6-7-22(31-30-21)35-15-17-2-5-20(28-12-17)23(24,25)26/h2-7,12,14H,8-11,13,15H2,1H3,(H,29,30). The summed E-state index contributed by atoms with van der Waals surface area (Å²) in [5.41, 5.74) is 1.37. The van der Waals surface area contributed by atoms with E-state index in [-0.39, 0.29) is 18.4 Å². The number of nitrogens with zero attached hydrogens (tertiary/aromatic N) is 6. The quantitative estimate of drug-likeness (QED) is 0.543. The van der Waals surface area contributed by atoms with Gasteiger partial charge >= 0.3 is 6.18 Å². The van der Waals surface area contributed by atoms with E-state index in [0.29, 0.717) is 31.0 Å². The largest absolute Gasteiger partial charge is 0.472 e. The third-order valence-electron chi connectivity index (χ3n) is 5.49. The first-order valence-corrected chi connectivity index (χ1v) is 11.0. The molecule has 0 aromatic carbocycles. The number of rotatable bonds is 7. The molecule has 1 aliphatic rings. The van der Waals surface area contributed by atoms with Crippen LogP contribution in [0.5, 0.6) is 5.88 Å². The van der Waals surface area contributed by atoms with Crippen LogP contribution in [0.25, 0.3) is 0 Å². The molecule has 0 saturated carbocycles. The number of carbonyl (C=O) groups is 1. The molecule has 184 valence electrons. The number of halogens is 3. The molecule has 1 N–H and O–H groups in total. The van der Waals surface area contributed by atoms with Crippen LogP contribution in [0, 0.1) is 0 Å². The van der Waals surface area contributed by atoms with Crippen LogP contribution in [0.2, 0.25) is 0 Å². The molecule has 1 amide bonds. The topological polar surface area (TPSA) is 96.4 Å². The van der Waals surface area contributed by atoms with E-state index >= 15 is 0 Å². The molecule has 4 rings (SSSR count). The van der Waals surface area contributed by atoms with Crippen LogP contribution in [0.3, 0.4) is 0 Å². The highest BCUT2D eigenvalue weighted by atomic mass is 19.4. The van der Waals surface area contributed by atoms with Gasteiger partial charge in [0, 0.05) is 50.9 Å². The van der Waals surface area contributed by atoms with Crippen LogP contribution < -0.4 is 15.0 Å². The van der Waals surface area contributed by atoms with Crippen LogP contribution >= 0.6 is 0 Å². The number of anilines is 2. The molecule has 1 fully saturated rings. The van der Waals surface area contributed by atoms with Gasteiger partial charge in [-0.1, -0.05) is 6.07 Å². The number of alkyl halides is 3. The Balaban J connectivity index is 1.23. The summed E-state index contributed by atoms with van der Waals surface area (Å²) in [5, 5.41) is 11.1. The number of hydrogen-bond donors (Lipinski definition) is 1. The fourth-order valence-corrected chi connectivity index (χ4v) is 3.50. The van der Waals surface area contributed by atoms with E-state index in [1.54, 1.807) is 19.1 Å². The van der Waals surface area contributed by atoms with E-state index in [4.69, 9.17) is 4.74 Å². The fraction of sp³-hybridized carbons (Fsp3) is 0.348. The van der Waals surface area contributed by atoms with E-state index in [9.17, 15) is 18.0 Å². The van der Waals surface area contributed by atoms with Crippen molar-refractivity contribution in [3.05, 3.63) is 65.7 Å². The van der Waals surface area contributed by atoms with Crippen molar-refractivity contribution in [1.29, 1.82) is 0 Å². The van der Waals surface area contributed by atoms with Crippen molar-refractivity contribution in [3.63, 3.8) is 0 Å². The van der Waals surface area contributed by atoms with Gasteiger partial charge in [0.15, 0.2) is 0 Å². The van der Waals surface area contributed by atoms with Crippen LogP contribution in [0.4, 0.5) is 24.7 Å². The molecule has 3 aromatic heterocycles. The third kappa shape index (κ3) is 6.55. The Morgan fingerprint density at radius 2 is 1.80 bits per heavy atom. The summed E-state index contributed by atoms with van der Waals surface area (Å²) < 4.78 is 43.2. The lowest BCUT2D eigenvalue weighted by molar-refractivity contribution is -0.141. The summed E-state index contributed by atoms with van der Waals surface area (Å²) >= 11 is 0. The maximum absolute atomic E-state index is 12.6. The molecule has 12 heteroatoms. The smallest absolute Gasteiger partial charge is 0.433 e. The van der Waals surface area contributed by atoms with Crippen molar-refractivity contribution in [2.45, 2.75) is 26.3 Å². The molecule has 0 radical (unpaired) electrons. The highest BCUT2D eigenvalue weighted by Crippen LogP contribution is 2.27. The Labute approximate surface area is 200 Å². The Hall–Kier alpha value is -3.96. The van der Waals surface area contributed by atoms with E-state index in [1.807, 2.05) is 23.2 Å². The molecule has 35 heavy (non-hydrogen) atoms. The number of hydrogen-bond acceptors (Lipinski definition) is 8. The molecule has 4 heterocycles. The van der Waals surface area contributed by atoms with E-state index in [1.165, 1.54) is 6.07 Å². The second kappa shape index (κ2) is 10.5. The molecule has 0 aliphatic carbocycles. The van der Waals surface area contributed by atoms with Crippen molar-refractivity contribution >= 4 is 17.4 Å². The predicted molar refractivity (Wildman–Crippen MR) is 122 cm³/mol. The maximum Gasteiger partial charge on any atom is 0.433 e. The van der Waals surface area contributed by atoms with Gasteiger partial charge in [0.2, 0.25) is 11.8 Å². The highest BCUT2D eigenvalue weighted by molar-refractivity contribution is 5.73. The fourth-order valence-electron chi connectivity index (χ4n) is 3.50. The van der Waals surface area contributed by atoms with Gasteiger partial charge in [0.05, 0.1) is 24.1 Å². The minimum absolute atomic E-state index is 0.0205. The molecule has 3 aromatic rings. The van der Waals surface area contributed by atoms with E-state index in [0.717, 1.165) is 36.7 Å². The zero-order valence-electron chi connectivity index (χ0n) is 19.0. The van der Waals surface area contributed by atoms with Crippen LogP contribution in [0.1, 0.15) is 23.9 Å². The summed E-state index contributed by atoms with van der Waals surface area (Å²) in [6.45, 7) is 5.02. The van der Waals surface area contributed by atoms with Crippen LogP contribution in [0.15, 0.2) is 48.8 Å². The van der Waals surface area contributed by atoms with Gasteiger partial charge < -0.3 is 19.9 Å². The first-order valence-electron chi connectivity index (χ1n) is 11.0. The van der Waals surface area contributed by atoms with Gasteiger partial charge in [-0.3, -0.25) is 14.8 Å². The zero-order chi connectivity index (χ0) is 24.8. The third-order valence-corrected chi connectivity index (χ3v) is 5.49. The molecule has 0 atom stereocenters. The highest BCUT2D eigenvalue weighted by Gasteiger charge is 2.32. The van der Waals surface area contributed by atoms with Gasteiger partial charge in [0.1, 0.15) is 18.1 Å². The summed E-state index contributed by atoms with van der Waals surface area (Å²) in [5.74, 6) is 0.867. The van der Waals surface area contributed by atoms with Crippen molar-refractivity contribution in [2.24, 2.45) is 0 Å². The number of aromatic nitrogens is 4. The van der Waals surface area contributed by atoms with Gasteiger partial charge in [-0.05, 0) is 24.3 Å². The Morgan fingerprint density at radius 3 is 2.37 bits per heavy atom. The SMILES string of the molecule is CC(=O)N1CCN(c2ccc(CNc3ccc(OCc4ccc(C(F)(F)F)nc4)nn3)nc2)CC1. The van der Waals surface area contributed by atoms with E-state index in [2.05, 4.69) is 30.4 Å². The molecule has 1 saturated heterocycles. The molecular weight excluding hydrogens is 463 g/mol. The minimum atomic E-state index is -4.47. The average Bonchev–Trinajstić information content (AvgIpc) is 2.87. The lowest BCUT2D eigenvalue weighted by atomic mass is 10.2. The number of pyridine rings is 2. The lowest BCUT2D eigenvalue weighted by Crippen LogP contribution is -2.48. The Morgan fingerprint density at radius 1 is 1.00 bits per heavy atom. The average molecular weight is 487 g/mol. The number of amides is 1. The monoisotopic (exact) mass is 487 g/mol. The summed E-state index contributed by atoms with van der Waals surface area (Å²) in [4.78, 5) is 23.4. The van der Waals surface area contributed by atoms with Gasteiger partial charge in [0.25, 0.3) is 0 Å². The van der Waals surface area contributed by atoms with Gasteiger partial charge in [-0.15, -0.1) is 10.2 Å². The van der Waals surface area contributed by atoms with Gasteiger partial charge in [-0.25, -0.2) is 0 Å². The molecule has 1 aliphatic heterocycles. The first kappa shape index (κ1) is 24.2. The summed E-state index contributed by atoms with van der Waals surface area (Å²) in [6.07, 6.45) is -1.53. The van der Waals surface area contributed by atoms with Crippen LogP contribution in [-0.2, 0) is 24.1 Å². The number of nitrogens with one attached hydrogen (secondary N) is 1. The lowest BCUT2D eigenvalue weighted by Gasteiger charge is -2.35. The minimum Gasteiger partial charge on any atom is -0.472 e. The zero-order valence-corrected chi connectivity index (χ0v) is 19.0. The Kier molecular flexibility index (Phi) is 7.28. The van der Waals surface area contributed by atoms with Crippen molar-refractivity contribution < 1.29 is 22.7 Å². The number of carbonyl (C=O) groups excluding carboxylic acids is 1. The van der Waals surface area contributed by atoms with Crippen molar-refractivity contribution in [2.75, 3.05) is 36.4 Å². The molecule has 0 bridgehead atoms. The van der Waals surface area contributed by atoms with Crippen LogP contribution in [-0.4, -0.2) is 57.2 Å². The molecule has 0 spiro atoms. The second-order valence-corrected chi connectivity index (χ2v) is 7.95. The summed E-state index contributed by atoms with van der Waals surface area (Å²) in [6, 6.07) is 9.46. The van der Waals surface area contributed by atoms with Crippen molar-refractivity contribution in [1.82, 2.24) is 25.1 Å².